The van der Waals surface area contributed by atoms with Gasteiger partial charge in [0.05, 0.1) is 18.7 Å². The lowest BCUT2D eigenvalue weighted by Gasteiger charge is -2.16. The molecule has 0 spiro atoms. The first-order valence-electron chi connectivity index (χ1n) is 7.78. The van der Waals surface area contributed by atoms with Crippen LogP contribution in [0.25, 0.3) is 11.0 Å². The number of benzene rings is 2. The first-order chi connectivity index (χ1) is 12.1. The van der Waals surface area contributed by atoms with Crippen LogP contribution in [0.4, 0.5) is 4.79 Å². The summed E-state index contributed by atoms with van der Waals surface area (Å²) in [5.41, 5.74) is 2.09. The van der Waals surface area contributed by atoms with Crippen LogP contribution in [0.1, 0.15) is 23.6 Å². The van der Waals surface area contributed by atoms with Gasteiger partial charge in [0.15, 0.2) is 0 Å². The average Bonchev–Trinajstić information content (AvgIpc) is 3.04. The van der Waals surface area contributed by atoms with Crippen LogP contribution < -0.4 is 5.32 Å². The summed E-state index contributed by atoms with van der Waals surface area (Å²) in [5.74, 6) is -1.03. The number of rotatable bonds is 6. The molecule has 0 aliphatic rings. The second-order valence-electron chi connectivity index (χ2n) is 5.54. The lowest BCUT2D eigenvalue weighted by atomic mass is 10.0. The predicted molar refractivity (Wildman–Crippen MR) is 91.0 cm³/mol. The molecule has 0 fully saturated rings. The van der Waals surface area contributed by atoms with Gasteiger partial charge in [-0.1, -0.05) is 48.5 Å². The van der Waals surface area contributed by atoms with Gasteiger partial charge in [-0.3, -0.25) is 4.79 Å². The average molecular weight is 339 g/mol. The van der Waals surface area contributed by atoms with Crippen molar-refractivity contribution >= 4 is 23.0 Å². The Balaban J connectivity index is 1.72. The maximum Gasteiger partial charge on any atom is 0.407 e. The standard InChI is InChI=1S/C19H17NO5/c21-18(22)10-16(15-12-24-17-9-5-4-8-14(15)17)20-19(23)25-11-13-6-2-1-3-7-13/h1-9,12,16H,10-11H2,(H,20,23)(H,21,22). The van der Waals surface area contributed by atoms with E-state index in [4.69, 9.17) is 14.3 Å². The fraction of sp³-hybridized carbons (Fsp3) is 0.158. The molecule has 1 amide bonds. The molecule has 25 heavy (non-hydrogen) atoms. The van der Waals surface area contributed by atoms with Crippen molar-refractivity contribution in [3.63, 3.8) is 0 Å². The van der Waals surface area contributed by atoms with Crippen molar-refractivity contribution in [1.29, 1.82) is 0 Å². The van der Waals surface area contributed by atoms with Crippen LogP contribution in [-0.2, 0) is 16.1 Å². The van der Waals surface area contributed by atoms with Crippen LogP contribution in [0.15, 0.2) is 65.3 Å². The third kappa shape index (κ3) is 4.17. The number of fused-ring (bicyclic) bond motifs is 1. The molecule has 0 bridgehead atoms. The minimum atomic E-state index is -1.03. The maximum absolute atomic E-state index is 12.1. The molecule has 0 saturated heterocycles. The zero-order chi connectivity index (χ0) is 17.6. The van der Waals surface area contributed by atoms with Gasteiger partial charge in [0, 0.05) is 10.9 Å². The highest BCUT2D eigenvalue weighted by atomic mass is 16.5. The van der Waals surface area contributed by atoms with Crippen LogP contribution >= 0.6 is 0 Å². The predicted octanol–water partition coefficient (Wildman–Crippen LogP) is 3.88. The number of carboxylic acid groups (broad SMARTS) is 1. The van der Waals surface area contributed by atoms with E-state index in [0.29, 0.717) is 11.1 Å². The molecule has 0 radical (unpaired) electrons. The summed E-state index contributed by atoms with van der Waals surface area (Å²) < 4.78 is 10.6. The lowest BCUT2D eigenvalue weighted by Crippen LogP contribution is -2.30. The number of alkyl carbamates (subject to hydrolysis) is 1. The molecule has 128 valence electrons. The van der Waals surface area contributed by atoms with E-state index >= 15 is 0 Å². The number of carbonyl (C=O) groups is 2. The summed E-state index contributed by atoms with van der Waals surface area (Å²) in [6, 6.07) is 15.8. The van der Waals surface area contributed by atoms with Gasteiger partial charge >= 0.3 is 12.1 Å². The van der Waals surface area contributed by atoms with Gasteiger partial charge in [-0.2, -0.15) is 0 Å². The summed E-state index contributed by atoms with van der Waals surface area (Å²) in [7, 11) is 0. The van der Waals surface area contributed by atoms with Gasteiger partial charge in [0.1, 0.15) is 12.2 Å². The van der Waals surface area contributed by atoms with Crippen LogP contribution in [0.3, 0.4) is 0 Å². The number of amides is 1. The Labute approximate surface area is 144 Å². The molecule has 1 unspecified atom stereocenters. The minimum Gasteiger partial charge on any atom is -0.481 e. The first-order valence-corrected chi connectivity index (χ1v) is 7.78. The van der Waals surface area contributed by atoms with E-state index in [-0.39, 0.29) is 13.0 Å². The highest BCUT2D eigenvalue weighted by molar-refractivity contribution is 5.83. The van der Waals surface area contributed by atoms with Gasteiger partial charge < -0.3 is 19.6 Å². The molecule has 1 aromatic heterocycles. The van der Waals surface area contributed by atoms with Crippen LogP contribution in [-0.4, -0.2) is 17.2 Å². The summed E-state index contributed by atoms with van der Waals surface area (Å²) in [6.07, 6.45) is 0.514. The number of nitrogens with one attached hydrogen (secondary N) is 1. The lowest BCUT2D eigenvalue weighted by molar-refractivity contribution is -0.137. The smallest absolute Gasteiger partial charge is 0.407 e. The second-order valence-corrected chi connectivity index (χ2v) is 5.54. The third-order valence-corrected chi connectivity index (χ3v) is 3.77. The molecule has 1 atom stereocenters. The van der Waals surface area contributed by atoms with Gasteiger partial charge in [0.25, 0.3) is 0 Å². The highest BCUT2D eigenvalue weighted by Gasteiger charge is 2.22. The van der Waals surface area contributed by atoms with E-state index in [0.717, 1.165) is 10.9 Å². The Hall–Kier alpha value is -3.28. The molecule has 6 heteroatoms. The molecule has 6 nitrogen and oxygen atoms in total. The van der Waals surface area contributed by atoms with Crippen molar-refractivity contribution in [2.75, 3.05) is 0 Å². The van der Waals surface area contributed by atoms with Crippen LogP contribution in [0.5, 0.6) is 0 Å². The van der Waals surface area contributed by atoms with Crippen molar-refractivity contribution in [3.8, 4) is 0 Å². The number of carbonyl (C=O) groups excluding carboxylic acids is 1. The fourth-order valence-corrected chi connectivity index (χ4v) is 2.59. The highest BCUT2D eigenvalue weighted by Crippen LogP contribution is 2.28. The number of ether oxygens (including phenoxy) is 1. The molecule has 2 N–H and O–H groups in total. The SMILES string of the molecule is O=C(O)CC(NC(=O)OCc1ccccc1)c1coc2ccccc12. The van der Waals surface area contributed by atoms with E-state index < -0.39 is 18.1 Å². The summed E-state index contributed by atoms with van der Waals surface area (Å²) >= 11 is 0. The number of para-hydroxylation sites is 1. The molecule has 3 rings (SSSR count). The zero-order valence-electron chi connectivity index (χ0n) is 13.3. The summed E-state index contributed by atoms with van der Waals surface area (Å²) in [4.78, 5) is 23.3. The second kappa shape index (κ2) is 7.53. The number of hydrogen-bond donors (Lipinski definition) is 2. The zero-order valence-corrected chi connectivity index (χ0v) is 13.3. The van der Waals surface area contributed by atoms with Gasteiger partial charge in [-0.05, 0) is 11.6 Å². The van der Waals surface area contributed by atoms with E-state index in [2.05, 4.69) is 5.32 Å². The largest absolute Gasteiger partial charge is 0.481 e. The molecule has 3 aromatic rings. The van der Waals surface area contributed by atoms with E-state index in [1.54, 1.807) is 6.07 Å². The van der Waals surface area contributed by atoms with E-state index in [1.165, 1.54) is 6.26 Å². The maximum atomic E-state index is 12.1. The van der Waals surface area contributed by atoms with Gasteiger partial charge in [-0.15, -0.1) is 0 Å². The molecule has 2 aromatic carbocycles. The van der Waals surface area contributed by atoms with Gasteiger partial charge in [0.2, 0.25) is 0 Å². The van der Waals surface area contributed by atoms with Crippen molar-refractivity contribution in [3.05, 3.63) is 72.0 Å². The topological polar surface area (TPSA) is 88.8 Å². The number of carboxylic acids is 1. The van der Waals surface area contributed by atoms with Crippen molar-refractivity contribution < 1.29 is 23.8 Å². The minimum absolute atomic E-state index is 0.110. The fourth-order valence-electron chi connectivity index (χ4n) is 2.59. The Morgan fingerprint density at radius 2 is 1.80 bits per heavy atom. The molecule has 1 heterocycles. The molecule has 0 aliphatic heterocycles. The third-order valence-electron chi connectivity index (χ3n) is 3.77. The molecular formula is C19H17NO5. The molecular weight excluding hydrogens is 322 g/mol. The Morgan fingerprint density at radius 3 is 2.56 bits per heavy atom. The molecule has 0 saturated carbocycles. The first kappa shape index (κ1) is 16.6. The van der Waals surface area contributed by atoms with Crippen molar-refractivity contribution in [2.24, 2.45) is 0 Å². The Bertz CT molecular complexity index is 872. The number of hydrogen-bond acceptors (Lipinski definition) is 4. The Morgan fingerprint density at radius 1 is 1.08 bits per heavy atom. The summed E-state index contributed by atoms with van der Waals surface area (Å²) in [5, 5.41) is 12.5. The Kier molecular flexibility index (Phi) is 4.99. The monoisotopic (exact) mass is 339 g/mol. The van der Waals surface area contributed by atoms with Crippen LogP contribution in [0, 0.1) is 0 Å². The quantitative estimate of drug-likeness (QED) is 0.711. The van der Waals surface area contributed by atoms with Crippen LogP contribution in [0.2, 0.25) is 0 Å². The van der Waals surface area contributed by atoms with E-state index in [1.807, 2.05) is 48.5 Å². The number of aliphatic carboxylic acids is 1. The normalized spacial score (nSPS) is 11.8. The van der Waals surface area contributed by atoms with Crippen molar-refractivity contribution in [2.45, 2.75) is 19.1 Å². The number of furan rings is 1. The van der Waals surface area contributed by atoms with E-state index in [9.17, 15) is 9.59 Å². The summed E-state index contributed by atoms with van der Waals surface area (Å²) in [6.45, 7) is 0.110. The van der Waals surface area contributed by atoms with Gasteiger partial charge in [-0.25, -0.2) is 4.79 Å². The van der Waals surface area contributed by atoms with Crippen molar-refractivity contribution in [1.82, 2.24) is 5.32 Å². The molecule has 0 aliphatic carbocycles.